The van der Waals surface area contributed by atoms with Crippen LogP contribution in [0.1, 0.15) is 30.1 Å². The number of halogens is 1. The third-order valence-corrected chi connectivity index (χ3v) is 5.28. The quantitative estimate of drug-likeness (QED) is 0.732. The van der Waals surface area contributed by atoms with Gasteiger partial charge in [0.2, 0.25) is 0 Å². The van der Waals surface area contributed by atoms with Gasteiger partial charge in [0, 0.05) is 43.5 Å². The average molecular weight is 409 g/mol. The number of nitrogens with one attached hydrogen (secondary N) is 1. The van der Waals surface area contributed by atoms with E-state index in [1.807, 2.05) is 36.5 Å². The molecule has 0 saturated heterocycles. The van der Waals surface area contributed by atoms with E-state index in [9.17, 15) is 9.18 Å². The maximum absolute atomic E-state index is 13.3. The fraction of sp³-hybridized carbons (Fsp3) is 0.304. The molecule has 0 fully saturated rings. The summed E-state index contributed by atoms with van der Waals surface area (Å²) in [5, 5.41) is 12.4. The summed E-state index contributed by atoms with van der Waals surface area (Å²) >= 11 is 0. The molecule has 6 nitrogen and oxygen atoms in total. The number of ether oxygens (including phenoxy) is 1. The van der Waals surface area contributed by atoms with Crippen molar-refractivity contribution in [3.05, 3.63) is 76.7 Å². The molecule has 30 heavy (non-hydrogen) atoms. The number of carboxylic acid groups (broad SMARTS) is 1. The molecule has 2 aliphatic heterocycles. The molecule has 2 N–H and O–H groups in total. The highest BCUT2D eigenvalue weighted by atomic mass is 19.1. The molecule has 0 amide bonds. The monoisotopic (exact) mass is 409 g/mol. The van der Waals surface area contributed by atoms with Crippen molar-refractivity contribution in [2.75, 3.05) is 19.6 Å². The summed E-state index contributed by atoms with van der Waals surface area (Å²) in [6.07, 6.45) is 2.76. The molecule has 1 unspecified atom stereocenters. The van der Waals surface area contributed by atoms with E-state index >= 15 is 0 Å². The molecule has 7 heteroatoms. The first-order chi connectivity index (χ1) is 14.6. The summed E-state index contributed by atoms with van der Waals surface area (Å²) in [6, 6.07) is 14.1. The molecule has 2 heterocycles. The van der Waals surface area contributed by atoms with Gasteiger partial charge in [0.05, 0.1) is 6.42 Å². The first kappa shape index (κ1) is 20.1. The van der Waals surface area contributed by atoms with Crippen LogP contribution in [0, 0.1) is 5.82 Å². The van der Waals surface area contributed by atoms with Gasteiger partial charge >= 0.3 is 5.97 Å². The number of benzene rings is 2. The molecule has 156 valence electrons. The highest BCUT2D eigenvalue weighted by molar-refractivity contribution is 5.81. The summed E-state index contributed by atoms with van der Waals surface area (Å²) in [5.74, 6) is -0.322. The molecular formula is C23H24FN3O3. The lowest BCUT2D eigenvalue weighted by molar-refractivity contribution is -0.137. The highest BCUT2D eigenvalue weighted by Crippen LogP contribution is 2.26. The Morgan fingerprint density at radius 1 is 1.27 bits per heavy atom. The predicted octanol–water partition coefficient (Wildman–Crippen LogP) is 3.51. The summed E-state index contributed by atoms with van der Waals surface area (Å²) < 4.78 is 19.0. The van der Waals surface area contributed by atoms with Crippen molar-refractivity contribution in [2.45, 2.75) is 25.6 Å². The Morgan fingerprint density at radius 2 is 2.10 bits per heavy atom. The van der Waals surface area contributed by atoms with Gasteiger partial charge in [-0.25, -0.2) is 4.39 Å². The van der Waals surface area contributed by atoms with Crippen LogP contribution < -0.4 is 10.1 Å². The molecule has 0 aromatic heterocycles. The summed E-state index contributed by atoms with van der Waals surface area (Å²) in [6.45, 7) is 2.43. The van der Waals surface area contributed by atoms with Crippen LogP contribution in [-0.2, 0) is 11.4 Å². The Labute approximate surface area is 174 Å². The Kier molecular flexibility index (Phi) is 6.09. The van der Waals surface area contributed by atoms with Gasteiger partial charge in [-0.05, 0) is 35.4 Å². The molecule has 0 aliphatic carbocycles. The van der Waals surface area contributed by atoms with Crippen LogP contribution in [-0.4, -0.2) is 41.8 Å². The maximum Gasteiger partial charge on any atom is 0.304 e. The fourth-order valence-corrected chi connectivity index (χ4v) is 3.65. The van der Waals surface area contributed by atoms with Crippen LogP contribution in [0.25, 0.3) is 0 Å². The molecule has 0 bridgehead atoms. The lowest BCUT2D eigenvalue weighted by atomic mass is 10.0. The zero-order valence-electron chi connectivity index (χ0n) is 16.6. The fourth-order valence-electron chi connectivity index (χ4n) is 3.65. The number of hydrogen-bond donors (Lipinski definition) is 2. The molecule has 1 atom stereocenters. The number of carboxylic acids is 1. The van der Waals surface area contributed by atoms with Crippen molar-refractivity contribution in [1.82, 2.24) is 10.2 Å². The van der Waals surface area contributed by atoms with Gasteiger partial charge in [-0.3, -0.25) is 14.7 Å². The van der Waals surface area contributed by atoms with Crippen LogP contribution in [0.3, 0.4) is 0 Å². The Bertz CT molecular complexity index is 972. The van der Waals surface area contributed by atoms with Crippen molar-refractivity contribution in [3.63, 3.8) is 0 Å². The van der Waals surface area contributed by atoms with Crippen molar-refractivity contribution in [2.24, 2.45) is 4.99 Å². The molecule has 4 rings (SSSR count). The maximum atomic E-state index is 13.3. The van der Waals surface area contributed by atoms with Crippen LogP contribution in [0.2, 0.25) is 0 Å². The molecule has 2 aliphatic rings. The lowest BCUT2D eigenvalue weighted by Crippen LogP contribution is -2.39. The van der Waals surface area contributed by atoms with Crippen LogP contribution >= 0.6 is 0 Å². The number of rotatable bonds is 7. The second kappa shape index (κ2) is 9.09. The minimum absolute atomic E-state index is 0.147. The zero-order valence-corrected chi connectivity index (χ0v) is 16.6. The van der Waals surface area contributed by atoms with Gasteiger partial charge < -0.3 is 15.2 Å². The van der Waals surface area contributed by atoms with Crippen molar-refractivity contribution < 1.29 is 19.0 Å². The smallest absolute Gasteiger partial charge is 0.304 e. The second-order valence-electron chi connectivity index (χ2n) is 7.49. The van der Waals surface area contributed by atoms with E-state index in [0.717, 1.165) is 42.0 Å². The summed E-state index contributed by atoms with van der Waals surface area (Å²) in [7, 11) is 0. The summed E-state index contributed by atoms with van der Waals surface area (Å²) in [4.78, 5) is 17.5. The molecule has 2 aromatic carbocycles. The number of aliphatic imine (C=N–C) groups is 1. The molecule has 0 spiro atoms. The minimum Gasteiger partial charge on any atom is -0.489 e. The van der Waals surface area contributed by atoms with E-state index in [1.165, 1.54) is 17.8 Å². The SMILES string of the molecule is O=C(O)CCN1CCC2=C(C=NC(c3ccc(OCc4cccc(F)c4)cc3)N2)C1. The molecule has 2 aromatic rings. The van der Waals surface area contributed by atoms with E-state index in [1.54, 1.807) is 6.07 Å². The number of hydrogen-bond acceptors (Lipinski definition) is 5. The molecule has 0 saturated carbocycles. The normalized spacial score (nSPS) is 18.6. The topological polar surface area (TPSA) is 74.2 Å². The van der Waals surface area contributed by atoms with E-state index in [4.69, 9.17) is 9.84 Å². The summed E-state index contributed by atoms with van der Waals surface area (Å²) in [5.41, 5.74) is 4.11. The average Bonchev–Trinajstić information content (AvgIpc) is 2.76. The van der Waals surface area contributed by atoms with Crippen molar-refractivity contribution in [3.8, 4) is 5.75 Å². The van der Waals surface area contributed by atoms with Gasteiger partial charge in [-0.15, -0.1) is 0 Å². The van der Waals surface area contributed by atoms with E-state index < -0.39 is 5.97 Å². The predicted molar refractivity (Wildman–Crippen MR) is 112 cm³/mol. The van der Waals surface area contributed by atoms with E-state index in [2.05, 4.69) is 15.2 Å². The van der Waals surface area contributed by atoms with E-state index in [0.29, 0.717) is 13.2 Å². The Hall–Kier alpha value is -3.19. The standard InChI is InChI=1S/C23H24FN3O3/c24-19-3-1-2-16(12-19)15-30-20-6-4-17(5-7-20)23-25-13-18-14-27(11-9-22(28)29)10-8-21(18)26-23/h1-7,12-13,23,26H,8-11,14-15H2,(H,28,29). The van der Waals surface area contributed by atoms with Gasteiger partial charge in [-0.1, -0.05) is 24.3 Å². The first-order valence-corrected chi connectivity index (χ1v) is 10.00. The van der Waals surface area contributed by atoms with Crippen molar-refractivity contribution in [1.29, 1.82) is 0 Å². The first-order valence-electron chi connectivity index (χ1n) is 10.00. The Morgan fingerprint density at radius 3 is 2.87 bits per heavy atom. The van der Waals surface area contributed by atoms with Crippen LogP contribution in [0.5, 0.6) is 5.75 Å². The third-order valence-electron chi connectivity index (χ3n) is 5.28. The van der Waals surface area contributed by atoms with E-state index in [-0.39, 0.29) is 18.4 Å². The highest BCUT2D eigenvalue weighted by Gasteiger charge is 2.24. The van der Waals surface area contributed by atoms with Gasteiger partial charge in [-0.2, -0.15) is 0 Å². The van der Waals surface area contributed by atoms with Gasteiger partial charge in [0.25, 0.3) is 0 Å². The Balaban J connectivity index is 1.32. The van der Waals surface area contributed by atoms with Crippen molar-refractivity contribution >= 4 is 12.2 Å². The van der Waals surface area contributed by atoms with Gasteiger partial charge in [0.1, 0.15) is 24.3 Å². The third kappa shape index (κ3) is 5.04. The second-order valence-corrected chi connectivity index (χ2v) is 7.49. The number of carbonyl (C=O) groups is 1. The molecular weight excluding hydrogens is 385 g/mol. The zero-order chi connectivity index (χ0) is 20.9. The minimum atomic E-state index is -0.770. The van der Waals surface area contributed by atoms with Gasteiger partial charge in [0.15, 0.2) is 0 Å². The number of nitrogens with zero attached hydrogens (tertiary/aromatic N) is 2. The molecule has 0 radical (unpaired) electrons. The largest absolute Gasteiger partial charge is 0.489 e. The van der Waals surface area contributed by atoms with Crippen LogP contribution in [0.4, 0.5) is 4.39 Å². The lowest BCUT2D eigenvalue weighted by Gasteiger charge is -2.33. The van der Waals surface area contributed by atoms with Crippen LogP contribution in [0.15, 0.2) is 64.8 Å². The number of aliphatic carboxylic acids is 1.